The lowest BCUT2D eigenvalue weighted by molar-refractivity contribution is -0.0136. The predicted octanol–water partition coefficient (Wildman–Crippen LogP) is 3.39. The van der Waals surface area contributed by atoms with E-state index in [4.69, 9.17) is 4.74 Å². The molecule has 10 heteroatoms. The van der Waals surface area contributed by atoms with Crippen molar-refractivity contribution < 1.29 is 19.3 Å². The second-order valence-electron chi connectivity index (χ2n) is 9.80. The van der Waals surface area contributed by atoms with Crippen molar-refractivity contribution in [2.24, 2.45) is 0 Å². The number of fused-ring (bicyclic) bond motifs is 3. The number of aliphatic hydroxyl groups is 2. The van der Waals surface area contributed by atoms with Crippen LogP contribution in [0.15, 0.2) is 30.7 Å². The van der Waals surface area contributed by atoms with E-state index in [9.17, 15) is 14.6 Å². The van der Waals surface area contributed by atoms with E-state index < -0.39 is 17.5 Å². The zero-order chi connectivity index (χ0) is 24.9. The summed E-state index contributed by atoms with van der Waals surface area (Å²) in [5, 5.41) is 30.4. The summed E-state index contributed by atoms with van der Waals surface area (Å²) in [6.07, 6.45) is 2.50. The number of ether oxygens (including phenoxy) is 1. The van der Waals surface area contributed by atoms with Crippen LogP contribution in [0.25, 0.3) is 27.7 Å². The van der Waals surface area contributed by atoms with E-state index in [1.54, 1.807) is 24.4 Å². The number of pyridine rings is 1. The average molecular weight is 481 g/mol. The number of hydrogen-bond donors (Lipinski definition) is 3. The zero-order valence-electron chi connectivity index (χ0n) is 20.2. The van der Waals surface area contributed by atoms with Gasteiger partial charge in [-0.15, -0.1) is 0 Å². The number of aliphatic hydroxyl groups excluding tert-OH is 1. The van der Waals surface area contributed by atoms with Gasteiger partial charge in [-0.3, -0.25) is 0 Å². The van der Waals surface area contributed by atoms with Crippen LogP contribution in [0.5, 0.6) is 0 Å². The highest BCUT2D eigenvalue weighted by Crippen LogP contribution is 2.38. The number of rotatable bonds is 5. The first-order valence-electron chi connectivity index (χ1n) is 11.7. The molecule has 3 N–H and O–H groups in total. The second kappa shape index (κ2) is 8.78. The fourth-order valence-electron chi connectivity index (χ4n) is 4.81. The standard InChI is InChI=1S/C25H29FN6O3/c1-13(2)20-16-9-14(5-6-15(16)23-28-12-29-32(23)22(20)25(3,4)34)21-17(26)10-27-24(31-21)30-18-7-8-35-11-19(18)33/h5-6,9-10,12-13,18-19,33-34H,7-8,11H2,1-4H3,(H,27,30,31)/t18-,19-/m1/s1. The Balaban J connectivity index is 1.67. The van der Waals surface area contributed by atoms with Crippen LogP contribution in [0.2, 0.25) is 0 Å². The summed E-state index contributed by atoms with van der Waals surface area (Å²) in [4.78, 5) is 12.9. The van der Waals surface area contributed by atoms with Crippen molar-refractivity contribution in [3.63, 3.8) is 0 Å². The maximum Gasteiger partial charge on any atom is 0.223 e. The summed E-state index contributed by atoms with van der Waals surface area (Å²) in [5.41, 5.74) is 1.70. The third-order valence-electron chi connectivity index (χ3n) is 6.38. The Labute approximate surface area is 202 Å². The minimum Gasteiger partial charge on any atom is -0.389 e. The van der Waals surface area contributed by atoms with Gasteiger partial charge in [0, 0.05) is 17.6 Å². The van der Waals surface area contributed by atoms with E-state index in [2.05, 4.69) is 25.4 Å². The first-order valence-corrected chi connectivity index (χ1v) is 11.7. The Kier molecular flexibility index (Phi) is 5.90. The van der Waals surface area contributed by atoms with E-state index in [0.717, 1.165) is 22.5 Å². The van der Waals surface area contributed by atoms with E-state index in [-0.39, 0.29) is 30.2 Å². The Hall–Kier alpha value is -3.21. The van der Waals surface area contributed by atoms with Crippen LogP contribution in [0.4, 0.5) is 10.3 Å². The van der Waals surface area contributed by atoms with Crippen LogP contribution >= 0.6 is 0 Å². The van der Waals surface area contributed by atoms with Gasteiger partial charge < -0.3 is 20.3 Å². The highest BCUT2D eigenvalue weighted by molar-refractivity contribution is 5.99. The van der Waals surface area contributed by atoms with Crippen molar-refractivity contribution in [1.82, 2.24) is 24.6 Å². The van der Waals surface area contributed by atoms with Crippen molar-refractivity contribution in [1.29, 1.82) is 0 Å². The highest BCUT2D eigenvalue weighted by Gasteiger charge is 2.29. The molecule has 184 valence electrons. The molecule has 1 aliphatic rings. The van der Waals surface area contributed by atoms with E-state index in [1.807, 2.05) is 26.0 Å². The van der Waals surface area contributed by atoms with Crippen LogP contribution in [-0.4, -0.2) is 60.1 Å². The number of hydrogen-bond acceptors (Lipinski definition) is 8. The Morgan fingerprint density at radius 3 is 2.74 bits per heavy atom. The van der Waals surface area contributed by atoms with Crippen LogP contribution < -0.4 is 5.32 Å². The largest absolute Gasteiger partial charge is 0.389 e. The van der Waals surface area contributed by atoms with Crippen molar-refractivity contribution in [2.45, 2.75) is 57.8 Å². The number of halogens is 1. The van der Waals surface area contributed by atoms with Crippen LogP contribution in [-0.2, 0) is 10.3 Å². The molecule has 5 rings (SSSR count). The summed E-state index contributed by atoms with van der Waals surface area (Å²) in [6, 6.07) is 5.28. The van der Waals surface area contributed by atoms with Gasteiger partial charge in [-0.25, -0.2) is 23.9 Å². The van der Waals surface area contributed by atoms with Crippen LogP contribution in [0.3, 0.4) is 0 Å². The topological polar surface area (TPSA) is 118 Å². The van der Waals surface area contributed by atoms with Gasteiger partial charge in [0.25, 0.3) is 0 Å². The van der Waals surface area contributed by atoms with Gasteiger partial charge >= 0.3 is 0 Å². The van der Waals surface area contributed by atoms with Crippen LogP contribution in [0.1, 0.15) is 51.3 Å². The fraction of sp³-hybridized carbons (Fsp3) is 0.440. The minimum atomic E-state index is -1.18. The third-order valence-corrected chi connectivity index (χ3v) is 6.38. The van der Waals surface area contributed by atoms with Gasteiger partial charge in [-0.05, 0) is 49.3 Å². The molecule has 0 spiro atoms. The van der Waals surface area contributed by atoms with Gasteiger partial charge in [0.05, 0.1) is 30.6 Å². The van der Waals surface area contributed by atoms with Gasteiger partial charge in [0.2, 0.25) is 5.95 Å². The molecule has 0 radical (unpaired) electrons. The fourth-order valence-corrected chi connectivity index (χ4v) is 4.81. The predicted molar refractivity (Wildman–Crippen MR) is 130 cm³/mol. The van der Waals surface area contributed by atoms with Crippen LogP contribution in [0, 0.1) is 5.82 Å². The highest BCUT2D eigenvalue weighted by atomic mass is 19.1. The van der Waals surface area contributed by atoms with Crippen molar-refractivity contribution in [3.8, 4) is 11.3 Å². The third kappa shape index (κ3) is 4.22. The second-order valence-corrected chi connectivity index (χ2v) is 9.80. The van der Waals surface area contributed by atoms with Gasteiger partial charge in [0.1, 0.15) is 17.6 Å². The molecule has 0 unspecified atom stereocenters. The normalized spacial score (nSPS) is 19.1. The molecular weight excluding hydrogens is 451 g/mol. The summed E-state index contributed by atoms with van der Waals surface area (Å²) < 4.78 is 21.9. The minimum absolute atomic E-state index is 0.0465. The Bertz CT molecular complexity index is 1400. The Morgan fingerprint density at radius 1 is 1.23 bits per heavy atom. The maximum atomic E-state index is 15.0. The molecule has 0 saturated carbocycles. The maximum absolute atomic E-state index is 15.0. The monoisotopic (exact) mass is 480 g/mol. The van der Waals surface area contributed by atoms with E-state index in [0.29, 0.717) is 29.9 Å². The molecule has 0 bridgehead atoms. The molecule has 1 fully saturated rings. The van der Waals surface area contributed by atoms with Crippen molar-refractivity contribution in [2.75, 3.05) is 18.5 Å². The number of nitrogens with zero attached hydrogens (tertiary/aromatic N) is 5. The summed E-state index contributed by atoms with van der Waals surface area (Å²) >= 11 is 0. The Morgan fingerprint density at radius 2 is 2.03 bits per heavy atom. The molecular formula is C25H29FN6O3. The number of anilines is 1. The smallest absolute Gasteiger partial charge is 0.223 e. The molecule has 4 heterocycles. The molecule has 9 nitrogen and oxygen atoms in total. The van der Waals surface area contributed by atoms with Crippen molar-refractivity contribution >= 4 is 22.4 Å². The molecule has 1 aliphatic heterocycles. The molecule has 3 aromatic heterocycles. The average Bonchev–Trinajstić information content (AvgIpc) is 3.29. The molecule has 0 aliphatic carbocycles. The first-order chi connectivity index (χ1) is 16.6. The SMILES string of the molecule is CC(C)c1c(C(C)(C)O)n2ncnc2c2ccc(-c3nc(N[C@@H]4CCOC[C@H]4O)ncc3F)cc12. The summed E-state index contributed by atoms with van der Waals surface area (Å²) in [5.74, 6) is -0.272. The molecule has 1 saturated heterocycles. The molecule has 2 atom stereocenters. The number of nitrogens with one attached hydrogen (secondary N) is 1. The lowest BCUT2D eigenvalue weighted by atomic mass is 9.87. The van der Waals surface area contributed by atoms with E-state index >= 15 is 0 Å². The van der Waals surface area contributed by atoms with Gasteiger partial charge in [-0.1, -0.05) is 19.9 Å². The lowest BCUT2D eigenvalue weighted by Crippen LogP contribution is -2.42. The molecule has 4 aromatic rings. The lowest BCUT2D eigenvalue weighted by Gasteiger charge is -2.28. The van der Waals surface area contributed by atoms with Gasteiger partial charge in [-0.2, -0.15) is 5.10 Å². The van der Waals surface area contributed by atoms with E-state index in [1.165, 1.54) is 6.33 Å². The quantitative estimate of drug-likeness (QED) is 0.398. The zero-order valence-corrected chi connectivity index (χ0v) is 20.2. The molecule has 35 heavy (non-hydrogen) atoms. The summed E-state index contributed by atoms with van der Waals surface area (Å²) in [6.45, 7) is 8.29. The first kappa shape index (κ1) is 23.5. The summed E-state index contributed by atoms with van der Waals surface area (Å²) in [7, 11) is 0. The molecule has 0 amide bonds. The molecule has 1 aromatic carbocycles. The van der Waals surface area contributed by atoms with Gasteiger partial charge in [0.15, 0.2) is 11.5 Å². The number of aromatic nitrogens is 5. The number of benzene rings is 1. The van der Waals surface area contributed by atoms with Crippen molar-refractivity contribution in [3.05, 3.63) is 47.8 Å².